The van der Waals surface area contributed by atoms with Gasteiger partial charge in [0.25, 0.3) is 0 Å². The second-order valence-electron chi connectivity index (χ2n) is 6.55. The van der Waals surface area contributed by atoms with Crippen molar-refractivity contribution in [1.29, 1.82) is 0 Å². The van der Waals surface area contributed by atoms with Gasteiger partial charge in [0.05, 0.1) is 5.92 Å². The maximum absolute atomic E-state index is 13.1. The van der Waals surface area contributed by atoms with E-state index >= 15 is 0 Å². The quantitative estimate of drug-likeness (QED) is 0.822. The Morgan fingerprint density at radius 1 is 0.962 bits per heavy atom. The number of carbonyl (C=O) groups is 2. The van der Waals surface area contributed by atoms with Crippen LogP contribution in [-0.2, 0) is 9.59 Å². The molecule has 3 rings (SSSR count). The van der Waals surface area contributed by atoms with Crippen LogP contribution >= 0.6 is 11.6 Å². The molecule has 2 aromatic carbocycles. The molecule has 1 aliphatic rings. The molecule has 0 aliphatic carbocycles. The highest BCUT2D eigenvalue weighted by Gasteiger charge is 2.27. The first-order chi connectivity index (χ1) is 12.7. The maximum Gasteiger partial charge on any atom is 0.237 e. The minimum Gasteiger partial charge on any atom is -0.352 e. The molecule has 2 amide bonds. The van der Waals surface area contributed by atoms with Crippen molar-refractivity contribution in [2.24, 2.45) is 0 Å². The predicted octanol–water partition coefficient (Wildman–Crippen LogP) is 3.16. The summed E-state index contributed by atoms with van der Waals surface area (Å²) in [6, 6.07) is 19.7. The van der Waals surface area contributed by atoms with Crippen LogP contribution in [0.4, 0.5) is 0 Å². The van der Waals surface area contributed by atoms with E-state index in [9.17, 15) is 9.59 Å². The zero-order valence-electron chi connectivity index (χ0n) is 14.6. The SMILES string of the molecule is O=C(NC1CCN(C(=O)CCl)CC1)C(c1ccccc1)c1ccccc1. The van der Waals surface area contributed by atoms with Gasteiger partial charge in [-0.05, 0) is 24.0 Å². The molecule has 1 saturated heterocycles. The third kappa shape index (κ3) is 4.44. The van der Waals surface area contributed by atoms with Gasteiger partial charge in [-0.3, -0.25) is 9.59 Å². The summed E-state index contributed by atoms with van der Waals surface area (Å²) in [6.07, 6.45) is 1.51. The van der Waals surface area contributed by atoms with E-state index in [4.69, 9.17) is 11.6 Å². The first-order valence-corrected chi connectivity index (χ1v) is 9.46. The van der Waals surface area contributed by atoms with Crippen molar-refractivity contribution in [2.45, 2.75) is 24.8 Å². The Labute approximate surface area is 159 Å². The highest BCUT2D eigenvalue weighted by atomic mass is 35.5. The Morgan fingerprint density at radius 2 is 1.46 bits per heavy atom. The minimum atomic E-state index is -0.333. The molecule has 0 aromatic heterocycles. The molecule has 0 atom stereocenters. The Morgan fingerprint density at radius 3 is 1.92 bits per heavy atom. The van der Waals surface area contributed by atoms with Gasteiger partial charge in [0, 0.05) is 19.1 Å². The van der Waals surface area contributed by atoms with Crippen molar-refractivity contribution >= 4 is 23.4 Å². The van der Waals surface area contributed by atoms with Crippen LogP contribution in [0.2, 0.25) is 0 Å². The zero-order chi connectivity index (χ0) is 18.4. The second kappa shape index (κ2) is 8.86. The third-order valence-corrected chi connectivity index (χ3v) is 5.06. The van der Waals surface area contributed by atoms with E-state index in [1.807, 2.05) is 60.7 Å². The van der Waals surface area contributed by atoms with Crippen LogP contribution in [0.5, 0.6) is 0 Å². The van der Waals surface area contributed by atoms with Crippen molar-refractivity contribution < 1.29 is 9.59 Å². The fourth-order valence-electron chi connectivity index (χ4n) is 3.43. The topological polar surface area (TPSA) is 49.4 Å². The number of nitrogens with zero attached hydrogens (tertiary/aromatic N) is 1. The lowest BCUT2D eigenvalue weighted by Gasteiger charge is -2.33. The molecule has 5 heteroatoms. The van der Waals surface area contributed by atoms with Crippen LogP contribution in [0.1, 0.15) is 29.9 Å². The molecule has 0 saturated carbocycles. The smallest absolute Gasteiger partial charge is 0.237 e. The largest absolute Gasteiger partial charge is 0.352 e. The molecule has 1 heterocycles. The highest BCUT2D eigenvalue weighted by molar-refractivity contribution is 6.27. The first-order valence-electron chi connectivity index (χ1n) is 8.93. The lowest BCUT2D eigenvalue weighted by Crippen LogP contribution is -2.48. The lowest BCUT2D eigenvalue weighted by atomic mass is 9.90. The summed E-state index contributed by atoms with van der Waals surface area (Å²) in [4.78, 5) is 26.5. The molecule has 1 N–H and O–H groups in total. The predicted molar refractivity (Wildman–Crippen MR) is 103 cm³/mol. The van der Waals surface area contributed by atoms with Crippen LogP contribution < -0.4 is 5.32 Å². The standard InChI is InChI=1S/C21H23ClN2O2/c22-15-19(25)24-13-11-18(12-14-24)23-21(26)20(16-7-3-1-4-8-16)17-9-5-2-6-10-17/h1-10,18,20H,11-15H2,(H,23,26). The first kappa shape index (κ1) is 18.5. The summed E-state index contributed by atoms with van der Waals surface area (Å²) in [5.41, 5.74) is 1.96. The number of benzene rings is 2. The zero-order valence-corrected chi connectivity index (χ0v) is 15.4. The Kier molecular flexibility index (Phi) is 6.29. The van der Waals surface area contributed by atoms with E-state index in [0.29, 0.717) is 13.1 Å². The molecule has 1 aliphatic heterocycles. The van der Waals surface area contributed by atoms with Crippen LogP contribution in [0.15, 0.2) is 60.7 Å². The third-order valence-electron chi connectivity index (χ3n) is 4.84. The summed E-state index contributed by atoms with van der Waals surface area (Å²) in [6.45, 7) is 1.27. The maximum atomic E-state index is 13.1. The number of carbonyl (C=O) groups excluding carboxylic acids is 2. The molecule has 2 aromatic rings. The molecule has 0 radical (unpaired) electrons. The van der Waals surface area contributed by atoms with E-state index in [0.717, 1.165) is 24.0 Å². The number of hydrogen-bond donors (Lipinski definition) is 1. The molecular weight excluding hydrogens is 348 g/mol. The highest BCUT2D eigenvalue weighted by Crippen LogP contribution is 2.25. The van der Waals surface area contributed by atoms with Crippen molar-refractivity contribution in [1.82, 2.24) is 10.2 Å². The molecule has 4 nitrogen and oxygen atoms in total. The van der Waals surface area contributed by atoms with Gasteiger partial charge in [-0.1, -0.05) is 60.7 Å². The fourth-order valence-corrected chi connectivity index (χ4v) is 3.60. The van der Waals surface area contributed by atoms with E-state index in [1.165, 1.54) is 0 Å². The molecule has 26 heavy (non-hydrogen) atoms. The summed E-state index contributed by atoms with van der Waals surface area (Å²) in [7, 11) is 0. The number of likely N-dealkylation sites (tertiary alicyclic amines) is 1. The van der Waals surface area contributed by atoms with Gasteiger partial charge in [-0.25, -0.2) is 0 Å². The fraction of sp³-hybridized carbons (Fsp3) is 0.333. The summed E-state index contributed by atoms with van der Waals surface area (Å²) < 4.78 is 0. The number of piperidine rings is 1. The Balaban J connectivity index is 1.70. The normalized spacial score (nSPS) is 15.1. The van der Waals surface area contributed by atoms with Crippen LogP contribution in [-0.4, -0.2) is 41.7 Å². The van der Waals surface area contributed by atoms with Crippen molar-refractivity contribution in [3.8, 4) is 0 Å². The molecule has 0 spiro atoms. The number of nitrogens with one attached hydrogen (secondary N) is 1. The van der Waals surface area contributed by atoms with Crippen molar-refractivity contribution in [3.05, 3.63) is 71.8 Å². The molecule has 136 valence electrons. The van der Waals surface area contributed by atoms with Gasteiger partial charge in [0.15, 0.2) is 0 Å². The van der Waals surface area contributed by atoms with E-state index in [2.05, 4.69) is 5.32 Å². The molecule has 0 unspecified atom stereocenters. The van der Waals surface area contributed by atoms with Gasteiger partial charge < -0.3 is 10.2 Å². The number of rotatable bonds is 5. The van der Waals surface area contributed by atoms with Gasteiger partial charge in [-0.15, -0.1) is 11.6 Å². The molecular formula is C21H23ClN2O2. The van der Waals surface area contributed by atoms with E-state index < -0.39 is 0 Å². The van der Waals surface area contributed by atoms with Crippen LogP contribution in [0.3, 0.4) is 0 Å². The van der Waals surface area contributed by atoms with Crippen molar-refractivity contribution in [3.63, 3.8) is 0 Å². The van der Waals surface area contributed by atoms with Gasteiger partial charge >= 0.3 is 0 Å². The monoisotopic (exact) mass is 370 g/mol. The number of halogens is 1. The summed E-state index contributed by atoms with van der Waals surface area (Å²) in [5.74, 6) is -0.353. The van der Waals surface area contributed by atoms with Gasteiger partial charge in [0.2, 0.25) is 11.8 Å². The van der Waals surface area contributed by atoms with Crippen molar-refractivity contribution in [2.75, 3.05) is 19.0 Å². The van der Waals surface area contributed by atoms with Gasteiger partial charge in [-0.2, -0.15) is 0 Å². The summed E-state index contributed by atoms with van der Waals surface area (Å²) in [5, 5.41) is 3.18. The second-order valence-corrected chi connectivity index (χ2v) is 6.82. The number of amides is 2. The average molecular weight is 371 g/mol. The van der Waals surface area contributed by atoms with Gasteiger partial charge in [0.1, 0.15) is 5.88 Å². The van der Waals surface area contributed by atoms with E-state index in [-0.39, 0.29) is 29.7 Å². The van der Waals surface area contributed by atoms with Crippen LogP contribution in [0, 0.1) is 0 Å². The lowest BCUT2D eigenvalue weighted by molar-refractivity contribution is -0.129. The number of hydrogen-bond acceptors (Lipinski definition) is 2. The Bertz CT molecular complexity index is 689. The number of alkyl halides is 1. The van der Waals surface area contributed by atoms with Crippen LogP contribution in [0.25, 0.3) is 0 Å². The average Bonchev–Trinajstić information content (AvgIpc) is 2.70. The molecule has 0 bridgehead atoms. The minimum absolute atomic E-state index is 0.00419. The Hall–Kier alpha value is -2.33. The molecule has 1 fully saturated rings. The summed E-state index contributed by atoms with van der Waals surface area (Å²) >= 11 is 5.62. The van der Waals surface area contributed by atoms with E-state index in [1.54, 1.807) is 4.90 Å².